The van der Waals surface area contributed by atoms with Crippen LogP contribution >= 0.6 is 0 Å². The average molecular weight is 288 g/mol. The molecule has 0 N–H and O–H groups in total. The highest BCUT2D eigenvalue weighted by Crippen LogP contribution is 2.21. The molecule has 2 rings (SSSR count). The number of rotatable bonds is 5. The minimum Gasteiger partial charge on any atom is -0.461 e. The molecule has 5 heteroatoms. The zero-order valence-corrected chi connectivity index (χ0v) is 11.7. The van der Waals surface area contributed by atoms with E-state index in [-0.39, 0.29) is 25.2 Å². The van der Waals surface area contributed by atoms with Gasteiger partial charge in [0.1, 0.15) is 12.7 Å². The average Bonchev–Trinajstić information content (AvgIpc) is 2.76. The third kappa shape index (κ3) is 4.56. The van der Waals surface area contributed by atoms with Crippen LogP contribution in [0.4, 0.5) is 0 Å². The van der Waals surface area contributed by atoms with Crippen LogP contribution in [0.2, 0.25) is 0 Å². The number of Topliss-reactive ketones (excluding diaryl/α,β-unsaturated/α-hetero) is 1. The van der Waals surface area contributed by atoms with E-state index in [0.717, 1.165) is 5.56 Å². The molecule has 0 aliphatic heterocycles. The molecule has 1 aromatic carbocycles. The van der Waals surface area contributed by atoms with Gasteiger partial charge in [-0.3, -0.25) is 14.4 Å². The summed E-state index contributed by atoms with van der Waals surface area (Å²) < 4.78 is 10.0. The molecule has 1 atom stereocenters. The van der Waals surface area contributed by atoms with E-state index in [1.807, 2.05) is 30.3 Å². The molecule has 1 aromatic rings. The molecular formula is C16H16O5. The van der Waals surface area contributed by atoms with E-state index < -0.39 is 18.0 Å². The van der Waals surface area contributed by atoms with Crippen LogP contribution < -0.4 is 0 Å². The summed E-state index contributed by atoms with van der Waals surface area (Å²) >= 11 is 0. The lowest BCUT2D eigenvalue weighted by molar-refractivity contribution is -0.145. The van der Waals surface area contributed by atoms with Gasteiger partial charge in [-0.2, -0.15) is 0 Å². The Bertz CT molecular complexity index is 574. The maximum atomic E-state index is 11.7. The highest BCUT2D eigenvalue weighted by atomic mass is 16.5. The predicted molar refractivity (Wildman–Crippen MR) is 74.1 cm³/mol. The van der Waals surface area contributed by atoms with E-state index in [2.05, 4.69) is 0 Å². The van der Waals surface area contributed by atoms with Crippen LogP contribution in [0.5, 0.6) is 0 Å². The number of carbonyl (C=O) groups excluding carboxylic acids is 3. The fourth-order valence-corrected chi connectivity index (χ4v) is 2.08. The SMILES string of the molecule is CC(=O)OC1C=C(CC(=O)OCc2ccccc2)C(=O)C1. The van der Waals surface area contributed by atoms with Gasteiger partial charge in [-0.15, -0.1) is 0 Å². The Morgan fingerprint density at radius 1 is 1.24 bits per heavy atom. The van der Waals surface area contributed by atoms with Crippen molar-refractivity contribution < 1.29 is 23.9 Å². The second kappa shape index (κ2) is 6.83. The van der Waals surface area contributed by atoms with E-state index >= 15 is 0 Å². The van der Waals surface area contributed by atoms with Crippen molar-refractivity contribution >= 4 is 17.7 Å². The summed E-state index contributed by atoms with van der Waals surface area (Å²) in [6.45, 7) is 1.46. The van der Waals surface area contributed by atoms with Gasteiger partial charge in [0.2, 0.25) is 0 Å². The Kier molecular flexibility index (Phi) is 4.87. The number of carbonyl (C=O) groups is 3. The van der Waals surface area contributed by atoms with Gasteiger partial charge >= 0.3 is 11.9 Å². The monoisotopic (exact) mass is 288 g/mol. The molecule has 21 heavy (non-hydrogen) atoms. The summed E-state index contributed by atoms with van der Waals surface area (Å²) in [6.07, 6.45) is 0.963. The smallest absolute Gasteiger partial charge is 0.310 e. The zero-order valence-electron chi connectivity index (χ0n) is 11.7. The molecule has 1 unspecified atom stereocenters. The lowest BCUT2D eigenvalue weighted by atomic mass is 10.1. The topological polar surface area (TPSA) is 69.7 Å². The lowest BCUT2D eigenvalue weighted by Crippen LogP contribution is -2.12. The van der Waals surface area contributed by atoms with Crippen LogP contribution in [0.1, 0.15) is 25.3 Å². The fourth-order valence-electron chi connectivity index (χ4n) is 2.08. The molecule has 110 valence electrons. The number of benzene rings is 1. The first kappa shape index (κ1) is 15.0. The minimum absolute atomic E-state index is 0.0938. The lowest BCUT2D eigenvalue weighted by Gasteiger charge is -2.05. The molecule has 0 saturated carbocycles. The first-order chi connectivity index (χ1) is 10.0. The molecule has 0 amide bonds. The number of hydrogen-bond acceptors (Lipinski definition) is 5. The number of hydrogen-bond donors (Lipinski definition) is 0. The molecule has 0 fully saturated rings. The summed E-state index contributed by atoms with van der Waals surface area (Å²) in [5, 5.41) is 0. The van der Waals surface area contributed by atoms with Crippen LogP contribution in [0.25, 0.3) is 0 Å². The quantitative estimate of drug-likeness (QED) is 0.774. The van der Waals surface area contributed by atoms with E-state index in [1.54, 1.807) is 0 Å². The van der Waals surface area contributed by atoms with Crippen LogP contribution in [0.15, 0.2) is 42.0 Å². The molecule has 0 aromatic heterocycles. The molecule has 0 bridgehead atoms. The summed E-state index contributed by atoms with van der Waals surface area (Å²) in [5.41, 5.74) is 1.23. The fraction of sp³-hybridized carbons (Fsp3) is 0.312. The normalized spacial score (nSPS) is 17.3. The zero-order chi connectivity index (χ0) is 15.2. The van der Waals surface area contributed by atoms with Crippen molar-refractivity contribution in [2.24, 2.45) is 0 Å². The second-order valence-corrected chi connectivity index (χ2v) is 4.79. The van der Waals surface area contributed by atoms with Gasteiger partial charge < -0.3 is 9.47 Å². The molecule has 1 aliphatic rings. The summed E-state index contributed by atoms with van der Waals surface area (Å²) in [7, 11) is 0. The molecule has 0 heterocycles. The van der Waals surface area contributed by atoms with Crippen molar-refractivity contribution in [1.29, 1.82) is 0 Å². The third-order valence-electron chi connectivity index (χ3n) is 3.03. The maximum Gasteiger partial charge on any atom is 0.310 e. The Labute approximate surface area is 122 Å². The molecule has 0 saturated heterocycles. The predicted octanol–water partition coefficient (Wildman–Crippen LogP) is 1.95. The Hall–Kier alpha value is -2.43. The molecule has 5 nitrogen and oxygen atoms in total. The van der Waals surface area contributed by atoms with Gasteiger partial charge in [-0.05, 0) is 11.6 Å². The Balaban J connectivity index is 1.84. The van der Waals surface area contributed by atoms with Crippen molar-refractivity contribution in [3.8, 4) is 0 Å². The van der Waals surface area contributed by atoms with Gasteiger partial charge in [-0.1, -0.05) is 30.3 Å². The van der Waals surface area contributed by atoms with Crippen molar-refractivity contribution in [2.45, 2.75) is 32.5 Å². The first-order valence-electron chi connectivity index (χ1n) is 6.65. The van der Waals surface area contributed by atoms with Gasteiger partial charge in [0.05, 0.1) is 12.8 Å². The van der Waals surface area contributed by atoms with E-state index in [9.17, 15) is 14.4 Å². The van der Waals surface area contributed by atoms with Gasteiger partial charge in [-0.25, -0.2) is 0 Å². The van der Waals surface area contributed by atoms with Gasteiger partial charge in [0.15, 0.2) is 5.78 Å². The van der Waals surface area contributed by atoms with E-state index in [4.69, 9.17) is 9.47 Å². The van der Waals surface area contributed by atoms with Crippen molar-refractivity contribution in [2.75, 3.05) is 0 Å². The second-order valence-electron chi connectivity index (χ2n) is 4.79. The highest BCUT2D eigenvalue weighted by Gasteiger charge is 2.27. The van der Waals surface area contributed by atoms with E-state index in [1.165, 1.54) is 13.0 Å². The Morgan fingerprint density at radius 3 is 2.62 bits per heavy atom. The molecule has 1 aliphatic carbocycles. The van der Waals surface area contributed by atoms with Crippen LogP contribution in [-0.2, 0) is 30.5 Å². The van der Waals surface area contributed by atoms with Crippen LogP contribution in [0.3, 0.4) is 0 Å². The molecular weight excluding hydrogens is 272 g/mol. The third-order valence-corrected chi connectivity index (χ3v) is 3.03. The number of esters is 2. The van der Waals surface area contributed by atoms with Gasteiger partial charge in [0.25, 0.3) is 0 Å². The van der Waals surface area contributed by atoms with Crippen LogP contribution in [0, 0.1) is 0 Å². The minimum atomic E-state index is -0.563. The summed E-state index contributed by atoms with van der Waals surface area (Å²) in [6, 6.07) is 9.29. The highest BCUT2D eigenvalue weighted by molar-refractivity contribution is 6.02. The Morgan fingerprint density at radius 2 is 1.95 bits per heavy atom. The molecule has 0 spiro atoms. The number of ketones is 1. The first-order valence-corrected chi connectivity index (χ1v) is 6.65. The van der Waals surface area contributed by atoms with Crippen molar-refractivity contribution in [3.63, 3.8) is 0 Å². The summed E-state index contributed by atoms with van der Waals surface area (Å²) in [5.74, 6) is -1.10. The van der Waals surface area contributed by atoms with Crippen molar-refractivity contribution in [3.05, 3.63) is 47.5 Å². The molecule has 0 radical (unpaired) electrons. The summed E-state index contributed by atoms with van der Waals surface area (Å²) in [4.78, 5) is 34.3. The van der Waals surface area contributed by atoms with Crippen LogP contribution in [-0.4, -0.2) is 23.8 Å². The van der Waals surface area contributed by atoms with Crippen molar-refractivity contribution in [1.82, 2.24) is 0 Å². The maximum absolute atomic E-state index is 11.7. The van der Waals surface area contributed by atoms with Gasteiger partial charge in [0, 0.05) is 12.5 Å². The largest absolute Gasteiger partial charge is 0.461 e. The number of ether oxygens (including phenoxy) is 2. The van der Waals surface area contributed by atoms with E-state index in [0.29, 0.717) is 5.57 Å². The standard InChI is InChI=1S/C16H16O5/c1-11(17)21-14-7-13(15(18)9-14)8-16(19)20-10-12-5-3-2-4-6-12/h2-7,14H,8-10H2,1H3.